The van der Waals surface area contributed by atoms with Gasteiger partial charge < -0.3 is 0 Å². The minimum atomic E-state index is -9.55. The Morgan fingerprint density at radius 1 is 0.211 bits per heavy atom. The number of halogens is 25. The van der Waals surface area contributed by atoms with Crippen LogP contribution in [0.25, 0.3) is 0 Å². The molecule has 0 nitrogen and oxygen atoms in total. The topological polar surface area (TPSA) is 0 Å². The van der Waals surface area contributed by atoms with Crippen molar-refractivity contribution in [3.05, 3.63) is 0 Å². The Kier molecular flexibility index (Phi) is 8.70. The van der Waals surface area contributed by atoms with Crippen molar-refractivity contribution in [1.82, 2.24) is 0 Å². The van der Waals surface area contributed by atoms with E-state index in [0.29, 0.717) is 0 Å². The van der Waals surface area contributed by atoms with Gasteiger partial charge in [0.2, 0.25) is 0 Å². The average molecular weight is 642 g/mol. The first kappa shape index (κ1) is 37.2. The molecule has 0 saturated heterocycles. The zero-order chi connectivity index (χ0) is 32.0. The van der Waals surface area contributed by atoms with Gasteiger partial charge in [0.15, 0.2) is 0 Å². The molecule has 0 atom stereocenters. The van der Waals surface area contributed by atoms with E-state index < -0.39 is 96.5 Å². The van der Waals surface area contributed by atoms with Gasteiger partial charge >= 0.3 is 193 Å². The second kappa shape index (κ2) is 8.87. The number of hydrogen-bond acceptors (Lipinski definition) is 0. The van der Waals surface area contributed by atoms with E-state index in [-0.39, 0.29) is 0 Å². The van der Waals surface area contributed by atoms with Gasteiger partial charge in [-0.15, -0.1) is 0 Å². The summed E-state index contributed by atoms with van der Waals surface area (Å²) >= 11 is -2.75. The molecule has 0 unspecified atom stereocenters. The molecule has 0 amide bonds. The van der Waals surface area contributed by atoms with Gasteiger partial charge in [-0.05, 0) is 0 Å². The van der Waals surface area contributed by atoms with Crippen molar-refractivity contribution in [3.63, 3.8) is 0 Å². The number of alkyl halides is 25. The van der Waals surface area contributed by atoms with Gasteiger partial charge in [0.25, 0.3) is 0 Å². The fourth-order valence-corrected chi connectivity index (χ4v) is 2.35. The Morgan fingerprint density at radius 3 is 0.474 bits per heavy atom. The third-order valence-electron chi connectivity index (χ3n) is 4.46. The molecule has 26 heteroatoms. The maximum atomic E-state index is 13.4. The summed E-state index contributed by atoms with van der Waals surface area (Å²) in [7, 11) is 0. The van der Waals surface area contributed by atoms with Crippen LogP contribution >= 0.6 is 0 Å². The van der Waals surface area contributed by atoms with Gasteiger partial charge in [-0.3, -0.25) is 0 Å². The molecule has 224 valence electrons. The van der Waals surface area contributed by atoms with E-state index in [1.165, 1.54) is 0 Å². The summed E-state index contributed by atoms with van der Waals surface area (Å²) in [6.07, 6.45) is -8.15. The standard InChI is InChI=1S/C12F25.Na/c13-1(14)2(15,16)3(17,18)4(19,20)5(21,22)6(23,24)7(25,26)8(27,28)9(29,30)10(31,32)11(33,34)12(35,36)37;. The minimum absolute atomic E-state index is 2.75. The Labute approximate surface area is 206 Å². The van der Waals surface area contributed by atoms with Crippen molar-refractivity contribution >= 4 is 27.9 Å². The fourth-order valence-electron chi connectivity index (χ4n) is 2.03. The Morgan fingerprint density at radius 2 is 0.342 bits per heavy atom. The molecule has 0 heterocycles. The van der Waals surface area contributed by atoms with Crippen molar-refractivity contribution in [3.8, 4) is 0 Å². The predicted molar refractivity (Wildman–Crippen MR) is 66.2 cm³/mol. The molecule has 0 aromatic rings. The van der Waals surface area contributed by atoms with Gasteiger partial charge in [0.05, 0.1) is 0 Å². The second-order valence-corrected chi connectivity index (χ2v) is 8.39. The van der Waals surface area contributed by atoms with E-state index in [2.05, 4.69) is 0 Å². The summed E-state index contributed by atoms with van der Waals surface area (Å²) in [5, 5.41) is 0. The first-order valence-corrected chi connectivity index (χ1v) is 8.97. The van der Waals surface area contributed by atoms with E-state index in [4.69, 9.17) is 0 Å². The van der Waals surface area contributed by atoms with E-state index in [1.807, 2.05) is 0 Å². The van der Waals surface area contributed by atoms with Crippen LogP contribution in [-0.2, 0) is 0 Å². The van der Waals surface area contributed by atoms with Crippen LogP contribution in [0.4, 0.5) is 110 Å². The summed E-state index contributed by atoms with van der Waals surface area (Å²) in [4.78, 5) is 0. The molecular formula is C12F25Na. The SMILES string of the molecule is FC(F)(F)C(F)(F)C(F)(F)C(F)(F)C(F)(F)C(F)(F)C(F)(F)C(F)(F)C(F)(F)C(F)(F)C(F)(F)[C](F)(F)[Na]. The van der Waals surface area contributed by atoms with Crippen LogP contribution in [0.3, 0.4) is 0 Å². The van der Waals surface area contributed by atoms with Gasteiger partial charge in [-0.2, -0.15) is 13.2 Å². The second-order valence-electron chi connectivity index (χ2n) is 7.13. The molecule has 0 aromatic carbocycles. The van der Waals surface area contributed by atoms with E-state index in [0.717, 1.165) is 0 Å². The molecule has 0 spiro atoms. The molecule has 0 aliphatic rings. The van der Waals surface area contributed by atoms with Crippen LogP contribution in [0.2, 0.25) is 0 Å². The molecular weight excluding hydrogens is 642 g/mol. The van der Waals surface area contributed by atoms with Crippen LogP contribution in [0.15, 0.2) is 0 Å². The van der Waals surface area contributed by atoms with Gasteiger partial charge in [0, 0.05) is 0 Å². The summed E-state index contributed by atoms with van der Waals surface area (Å²) in [6, 6.07) is 0. The van der Waals surface area contributed by atoms with Crippen LogP contribution in [0, 0.1) is 0 Å². The van der Waals surface area contributed by atoms with Gasteiger partial charge in [0.1, 0.15) is 0 Å². The zero-order valence-electron chi connectivity index (χ0n) is 16.4. The summed E-state index contributed by atoms with van der Waals surface area (Å²) in [5.41, 5.74) is 0. The molecule has 0 rings (SSSR count). The summed E-state index contributed by atoms with van der Waals surface area (Å²) in [5.74, 6) is -90.7. The third kappa shape index (κ3) is 4.28. The van der Waals surface area contributed by atoms with Crippen molar-refractivity contribution in [2.45, 2.75) is 68.6 Å². The van der Waals surface area contributed by atoms with Gasteiger partial charge in [-0.1, -0.05) is 0 Å². The van der Waals surface area contributed by atoms with Crippen molar-refractivity contribution in [2.75, 3.05) is 0 Å². The average Bonchev–Trinajstić information content (AvgIpc) is 2.64. The zero-order valence-corrected chi connectivity index (χ0v) is 18.4. The Balaban J connectivity index is 7.29. The third-order valence-corrected chi connectivity index (χ3v) is 5.08. The van der Waals surface area contributed by atoms with Crippen molar-refractivity contribution in [2.24, 2.45) is 0 Å². The quantitative estimate of drug-likeness (QED) is 0.170. The van der Waals surface area contributed by atoms with Crippen LogP contribution in [0.1, 0.15) is 0 Å². The Bertz CT molecular complexity index is 798. The normalized spacial score (nSPS) is 17.2. The Hall–Kier alpha value is -0.750. The van der Waals surface area contributed by atoms with Crippen LogP contribution in [0.5, 0.6) is 0 Å². The molecule has 0 aromatic heterocycles. The van der Waals surface area contributed by atoms with E-state index in [1.54, 1.807) is 0 Å². The van der Waals surface area contributed by atoms with Crippen molar-refractivity contribution in [1.29, 1.82) is 0 Å². The van der Waals surface area contributed by atoms with E-state index in [9.17, 15) is 110 Å². The molecule has 0 aliphatic carbocycles. The summed E-state index contributed by atoms with van der Waals surface area (Å²) in [6.45, 7) is 0. The first-order valence-electron chi connectivity index (χ1n) is 7.97. The predicted octanol–water partition coefficient (Wildman–Crippen LogP) is 7.66. The molecule has 0 fully saturated rings. The maximum absolute atomic E-state index is 13.4. The first-order chi connectivity index (χ1) is 15.8. The van der Waals surface area contributed by atoms with Crippen molar-refractivity contribution < 1.29 is 110 Å². The molecule has 38 heavy (non-hydrogen) atoms. The van der Waals surface area contributed by atoms with E-state index >= 15 is 0 Å². The molecule has 0 radical (unpaired) electrons. The summed E-state index contributed by atoms with van der Waals surface area (Å²) < 4.78 is 318. The number of hydrogen-bond donors (Lipinski definition) is 0. The fraction of sp³-hybridized carbons (Fsp3) is 1.00. The molecule has 0 bridgehead atoms. The van der Waals surface area contributed by atoms with Gasteiger partial charge in [-0.25, -0.2) is 0 Å². The molecule has 0 aliphatic heterocycles. The van der Waals surface area contributed by atoms with Crippen LogP contribution in [-0.4, -0.2) is 96.5 Å². The van der Waals surface area contributed by atoms with Crippen LogP contribution < -0.4 is 0 Å². The molecule has 0 N–H and O–H groups in total. The number of rotatable bonds is 10. The molecule has 0 saturated carbocycles. The monoisotopic (exact) mass is 642 g/mol.